The van der Waals surface area contributed by atoms with Crippen LogP contribution in [-0.4, -0.2) is 19.1 Å². The van der Waals surface area contributed by atoms with Gasteiger partial charge in [0.15, 0.2) is 5.83 Å². The van der Waals surface area contributed by atoms with Crippen LogP contribution in [0.5, 0.6) is 0 Å². The zero-order chi connectivity index (χ0) is 12.7. The topological polar surface area (TPSA) is 18.5 Å². The van der Waals surface area contributed by atoms with Gasteiger partial charge in [-0.25, -0.2) is 4.39 Å². The molecule has 17 heavy (non-hydrogen) atoms. The Balaban J connectivity index is 3.10. The van der Waals surface area contributed by atoms with Crippen molar-refractivity contribution in [1.29, 1.82) is 0 Å². The zero-order valence-electron chi connectivity index (χ0n) is 9.79. The molecule has 0 aliphatic rings. The number of alkyl halides is 1. The number of hydrogen-bond acceptors (Lipinski definition) is 2. The Bertz CT molecular complexity index is 356. The summed E-state index contributed by atoms with van der Waals surface area (Å²) in [5.74, 6) is -1.98. The van der Waals surface area contributed by atoms with E-state index in [1.807, 2.05) is 6.07 Å². The average Bonchev–Trinajstić information content (AvgIpc) is 2.35. The molecule has 0 saturated heterocycles. The minimum atomic E-state index is -1.55. The van der Waals surface area contributed by atoms with Gasteiger partial charge >= 0.3 is 0 Å². The maximum atomic E-state index is 13.7. The molecule has 94 valence electrons. The first-order valence-corrected chi connectivity index (χ1v) is 5.95. The number of hydrogen-bond donors (Lipinski definition) is 0. The lowest BCUT2D eigenvalue weighted by Crippen LogP contribution is -2.34. The molecule has 0 aliphatic heterocycles. The van der Waals surface area contributed by atoms with Crippen LogP contribution >= 0.6 is 11.6 Å². The molecule has 0 spiro atoms. The number of ether oxygens (including phenoxy) is 2. The van der Waals surface area contributed by atoms with Crippen molar-refractivity contribution in [2.45, 2.75) is 12.7 Å². The highest BCUT2D eigenvalue weighted by atomic mass is 35.5. The van der Waals surface area contributed by atoms with Crippen LogP contribution < -0.4 is 0 Å². The average molecular weight is 259 g/mol. The van der Waals surface area contributed by atoms with Crippen molar-refractivity contribution in [1.82, 2.24) is 0 Å². The Labute approximate surface area is 106 Å². The molecule has 4 heteroatoms. The van der Waals surface area contributed by atoms with E-state index < -0.39 is 11.6 Å². The van der Waals surface area contributed by atoms with E-state index in [0.29, 0.717) is 12.2 Å². The second-order valence-electron chi connectivity index (χ2n) is 3.36. The first-order valence-electron chi connectivity index (χ1n) is 5.41. The van der Waals surface area contributed by atoms with Crippen LogP contribution in [0.2, 0.25) is 0 Å². The molecule has 0 bridgehead atoms. The molecule has 0 aromatic heterocycles. The molecule has 0 radical (unpaired) electrons. The summed E-state index contributed by atoms with van der Waals surface area (Å²) in [5.41, 5.74) is 0.569. The summed E-state index contributed by atoms with van der Waals surface area (Å²) in [4.78, 5) is 0. The largest absolute Gasteiger partial charge is 0.341 e. The van der Waals surface area contributed by atoms with E-state index in [-0.39, 0.29) is 12.5 Å². The van der Waals surface area contributed by atoms with Crippen LogP contribution in [0, 0.1) is 0 Å². The molecular formula is C13H16ClFO2. The molecule has 0 N–H and O–H groups in total. The van der Waals surface area contributed by atoms with Gasteiger partial charge in [0.25, 0.3) is 0 Å². The fourth-order valence-electron chi connectivity index (χ4n) is 1.56. The minimum Gasteiger partial charge on any atom is -0.341 e. The second kappa shape index (κ2) is 6.74. The predicted molar refractivity (Wildman–Crippen MR) is 66.7 cm³/mol. The van der Waals surface area contributed by atoms with Crippen LogP contribution in [0.1, 0.15) is 12.5 Å². The van der Waals surface area contributed by atoms with Crippen molar-refractivity contribution < 1.29 is 13.9 Å². The van der Waals surface area contributed by atoms with Crippen molar-refractivity contribution in [2.75, 3.05) is 19.1 Å². The fourth-order valence-corrected chi connectivity index (χ4v) is 1.64. The molecule has 0 amide bonds. The third-order valence-electron chi connectivity index (χ3n) is 2.24. The summed E-state index contributed by atoms with van der Waals surface area (Å²) >= 11 is 5.57. The first-order chi connectivity index (χ1) is 8.17. The predicted octanol–water partition coefficient (Wildman–Crippen LogP) is 3.61. The summed E-state index contributed by atoms with van der Waals surface area (Å²) in [5, 5.41) is 0. The molecule has 2 nitrogen and oxygen atoms in total. The van der Waals surface area contributed by atoms with Gasteiger partial charge in [-0.05, 0) is 6.92 Å². The smallest absolute Gasteiger partial charge is 0.248 e. The van der Waals surface area contributed by atoms with Crippen molar-refractivity contribution in [3.8, 4) is 0 Å². The van der Waals surface area contributed by atoms with Gasteiger partial charge in [-0.15, -0.1) is 11.6 Å². The normalized spacial score (nSPS) is 14.3. The molecule has 0 saturated carbocycles. The van der Waals surface area contributed by atoms with E-state index in [1.165, 1.54) is 0 Å². The maximum absolute atomic E-state index is 13.7. The number of benzene rings is 1. The van der Waals surface area contributed by atoms with E-state index in [0.717, 1.165) is 0 Å². The van der Waals surface area contributed by atoms with Crippen molar-refractivity contribution in [3.63, 3.8) is 0 Å². The lowest BCUT2D eigenvalue weighted by atomic mass is 10.0. The monoisotopic (exact) mass is 258 g/mol. The Morgan fingerprint density at radius 2 is 2.00 bits per heavy atom. The summed E-state index contributed by atoms with van der Waals surface area (Å²) in [6, 6.07) is 8.87. The second-order valence-corrected chi connectivity index (χ2v) is 3.74. The highest BCUT2D eigenvalue weighted by Gasteiger charge is 2.38. The maximum Gasteiger partial charge on any atom is 0.248 e. The van der Waals surface area contributed by atoms with Gasteiger partial charge < -0.3 is 9.47 Å². The third kappa shape index (κ3) is 3.28. The first kappa shape index (κ1) is 14.2. The highest BCUT2D eigenvalue weighted by molar-refractivity contribution is 6.17. The Morgan fingerprint density at radius 1 is 1.35 bits per heavy atom. The molecule has 1 unspecified atom stereocenters. The quantitative estimate of drug-likeness (QED) is 0.549. The standard InChI is InChI=1S/C13H16ClFO2/c1-3-16-13(11(2)15,17-10-9-14)12-7-5-4-6-8-12/h4-8H,2-3,9-10H2,1H3. The van der Waals surface area contributed by atoms with Crippen molar-refractivity contribution >= 4 is 11.6 Å². The van der Waals surface area contributed by atoms with Crippen molar-refractivity contribution in [2.24, 2.45) is 0 Å². The zero-order valence-corrected chi connectivity index (χ0v) is 10.5. The number of rotatable bonds is 7. The van der Waals surface area contributed by atoms with E-state index >= 15 is 0 Å². The van der Waals surface area contributed by atoms with Gasteiger partial charge in [0.05, 0.1) is 6.61 Å². The molecule has 0 aliphatic carbocycles. The van der Waals surface area contributed by atoms with Crippen molar-refractivity contribution in [3.05, 3.63) is 48.3 Å². The summed E-state index contributed by atoms with van der Waals surface area (Å²) in [6.07, 6.45) is 0. The Kier molecular flexibility index (Phi) is 5.62. The summed E-state index contributed by atoms with van der Waals surface area (Å²) in [7, 11) is 0. The van der Waals surface area contributed by atoms with Crippen LogP contribution in [-0.2, 0) is 15.3 Å². The highest BCUT2D eigenvalue weighted by Crippen LogP contribution is 2.35. The molecule has 0 fully saturated rings. The van der Waals surface area contributed by atoms with E-state index in [1.54, 1.807) is 31.2 Å². The Hall–Kier alpha value is -0.900. The lowest BCUT2D eigenvalue weighted by Gasteiger charge is -2.31. The van der Waals surface area contributed by atoms with Crippen LogP contribution in [0.3, 0.4) is 0 Å². The van der Waals surface area contributed by atoms with Gasteiger partial charge in [0, 0.05) is 18.1 Å². The SMILES string of the molecule is C=C(F)C(OCC)(OCCCl)c1ccccc1. The van der Waals surface area contributed by atoms with Crippen LogP contribution in [0.4, 0.5) is 4.39 Å². The van der Waals surface area contributed by atoms with Gasteiger partial charge in [-0.2, -0.15) is 0 Å². The molecule has 1 aromatic rings. The van der Waals surface area contributed by atoms with E-state index in [4.69, 9.17) is 21.1 Å². The molecule has 0 heterocycles. The molecule has 1 atom stereocenters. The van der Waals surface area contributed by atoms with E-state index in [2.05, 4.69) is 6.58 Å². The minimum absolute atomic E-state index is 0.180. The lowest BCUT2D eigenvalue weighted by molar-refractivity contribution is -0.225. The van der Waals surface area contributed by atoms with Gasteiger partial charge in [0.1, 0.15) is 0 Å². The molecule has 1 aromatic carbocycles. The summed E-state index contributed by atoms with van der Waals surface area (Å²) < 4.78 is 24.6. The molecular weight excluding hydrogens is 243 g/mol. The van der Waals surface area contributed by atoms with Crippen LogP contribution in [0.15, 0.2) is 42.7 Å². The summed E-state index contributed by atoms with van der Waals surface area (Å²) in [6.45, 7) is 5.57. The van der Waals surface area contributed by atoms with E-state index in [9.17, 15) is 4.39 Å². The van der Waals surface area contributed by atoms with Gasteiger partial charge in [0.2, 0.25) is 5.79 Å². The fraction of sp³-hybridized carbons (Fsp3) is 0.385. The van der Waals surface area contributed by atoms with Crippen LogP contribution in [0.25, 0.3) is 0 Å². The number of halogens is 2. The Morgan fingerprint density at radius 3 is 2.47 bits per heavy atom. The van der Waals surface area contributed by atoms with Gasteiger partial charge in [-0.1, -0.05) is 36.9 Å². The van der Waals surface area contributed by atoms with Gasteiger partial charge in [-0.3, -0.25) is 0 Å². The molecule has 1 rings (SSSR count). The third-order valence-corrected chi connectivity index (χ3v) is 2.40.